The van der Waals surface area contributed by atoms with E-state index in [1.54, 1.807) is 0 Å². The predicted octanol–water partition coefficient (Wildman–Crippen LogP) is 2.11. The molecule has 1 aromatic rings. The minimum atomic E-state index is -0.540. The fraction of sp³-hybridized carbons (Fsp3) is 0.538. The number of hydrogen-bond acceptors (Lipinski definition) is 3. The van der Waals surface area contributed by atoms with Crippen LogP contribution in [-0.2, 0) is 22.7 Å². The summed E-state index contributed by atoms with van der Waals surface area (Å²) in [6.45, 7) is 5.83. The van der Waals surface area contributed by atoms with Gasteiger partial charge in [0, 0.05) is 6.42 Å². The van der Waals surface area contributed by atoms with Crippen molar-refractivity contribution in [2.45, 2.75) is 39.3 Å². The molecule has 2 rings (SSSR count). The molecule has 0 aromatic heterocycles. The monoisotopic (exact) mass is 221 g/mol. The van der Waals surface area contributed by atoms with Gasteiger partial charge >= 0.3 is 0 Å². The average Bonchev–Trinajstić information content (AvgIpc) is 2.40. The van der Waals surface area contributed by atoms with Crippen LogP contribution in [0.2, 0.25) is 0 Å². The van der Waals surface area contributed by atoms with Crippen LogP contribution < -0.4 is 5.73 Å². The van der Waals surface area contributed by atoms with Gasteiger partial charge in [-0.2, -0.15) is 0 Å². The maximum absolute atomic E-state index is 5.81. The summed E-state index contributed by atoms with van der Waals surface area (Å²) in [5.41, 5.74) is 9.26. The van der Waals surface area contributed by atoms with Crippen molar-refractivity contribution in [1.29, 1.82) is 0 Å². The van der Waals surface area contributed by atoms with E-state index in [1.165, 1.54) is 16.7 Å². The van der Waals surface area contributed by atoms with E-state index in [2.05, 4.69) is 25.1 Å². The van der Waals surface area contributed by atoms with Crippen molar-refractivity contribution < 1.29 is 9.47 Å². The highest BCUT2D eigenvalue weighted by atomic mass is 16.7. The Labute approximate surface area is 96.5 Å². The molecule has 0 bridgehead atoms. The first-order chi connectivity index (χ1) is 7.63. The van der Waals surface area contributed by atoms with Crippen molar-refractivity contribution in [1.82, 2.24) is 0 Å². The van der Waals surface area contributed by atoms with Crippen molar-refractivity contribution in [3.05, 3.63) is 34.9 Å². The van der Waals surface area contributed by atoms with E-state index in [0.29, 0.717) is 19.8 Å². The first kappa shape index (κ1) is 11.6. The summed E-state index contributed by atoms with van der Waals surface area (Å²) in [6, 6.07) is 6.38. The van der Waals surface area contributed by atoms with E-state index < -0.39 is 5.79 Å². The molecule has 1 unspecified atom stereocenters. The summed E-state index contributed by atoms with van der Waals surface area (Å²) in [7, 11) is 0. The third-order valence-corrected chi connectivity index (χ3v) is 3.03. The highest BCUT2D eigenvalue weighted by Crippen LogP contribution is 2.27. The first-order valence-electron chi connectivity index (χ1n) is 5.69. The number of ether oxygens (including phenoxy) is 2. The normalized spacial score (nSPS) is 24.9. The molecule has 1 atom stereocenters. The molecule has 1 aromatic carbocycles. The number of nitrogens with two attached hydrogens (primary N) is 1. The quantitative estimate of drug-likeness (QED) is 0.831. The zero-order chi connectivity index (χ0) is 11.6. The maximum atomic E-state index is 5.81. The second kappa shape index (κ2) is 4.53. The highest BCUT2D eigenvalue weighted by Gasteiger charge is 2.28. The fourth-order valence-corrected chi connectivity index (χ4v) is 1.94. The van der Waals surface area contributed by atoms with E-state index >= 15 is 0 Å². The maximum Gasteiger partial charge on any atom is 0.167 e. The van der Waals surface area contributed by atoms with Crippen LogP contribution in [0.15, 0.2) is 18.2 Å². The van der Waals surface area contributed by atoms with Crippen molar-refractivity contribution in [3.8, 4) is 0 Å². The van der Waals surface area contributed by atoms with Crippen LogP contribution in [0.3, 0.4) is 0 Å². The zero-order valence-corrected chi connectivity index (χ0v) is 9.95. The molecule has 16 heavy (non-hydrogen) atoms. The van der Waals surface area contributed by atoms with Crippen molar-refractivity contribution >= 4 is 0 Å². The smallest absolute Gasteiger partial charge is 0.167 e. The molecule has 0 amide bonds. The number of benzene rings is 1. The van der Waals surface area contributed by atoms with Crippen LogP contribution >= 0.6 is 0 Å². The largest absolute Gasteiger partial charge is 0.345 e. The molecular weight excluding hydrogens is 202 g/mol. The summed E-state index contributed by atoms with van der Waals surface area (Å²) in [4.78, 5) is 0. The molecule has 2 N–H and O–H groups in total. The van der Waals surface area contributed by atoms with Gasteiger partial charge in [-0.1, -0.05) is 23.8 Å². The van der Waals surface area contributed by atoms with Crippen LogP contribution in [0.5, 0.6) is 0 Å². The summed E-state index contributed by atoms with van der Waals surface area (Å²) < 4.78 is 11.6. The van der Waals surface area contributed by atoms with Gasteiger partial charge in [0.2, 0.25) is 0 Å². The van der Waals surface area contributed by atoms with E-state index in [9.17, 15) is 0 Å². The lowest BCUT2D eigenvalue weighted by Crippen LogP contribution is -2.33. The molecule has 3 heteroatoms. The van der Waals surface area contributed by atoms with Gasteiger partial charge in [-0.25, -0.2) is 0 Å². The molecular formula is C13H19NO2. The molecule has 0 saturated carbocycles. The van der Waals surface area contributed by atoms with Crippen LogP contribution in [0, 0.1) is 6.92 Å². The van der Waals surface area contributed by atoms with Crippen LogP contribution in [0.1, 0.15) is 30.0 Å². The van der Waals surface area contributed by atoms with Gasteiger partial charge in [0.15, 0.2) is 5.79 Å². The summed E-state index contributed by atoms with van der Waals surface area (Å²) in [5, 5.41) is 0. The third-order valence-electron chi connectivity index (χ3n) is 3.03. The Kier molecular flexibility index (Phi) is 3.28. The minimum absolute atomic E-state index is 0.540. The van der Waals surface area contributed by atoms with E-state index in [1.807, 2.05) is 6.92 Å². The first-order valence-corrected chi connectivity index (χ1v) is 5.69. The lowest BCUT2D eigenvalue weighted by Gasteiger charge is -2.27. The molecule has 1 aliphatic heterocycles. The zero-order valence-electron chi connectivity index (χ0n) is 9.95. The molecule has 1 heterocycles. The van der Waals surface area contributed by atoms with E-state index in [0.717, 1.165) is 6.42 Å². The molecule has 0 spiro atoms. The van der Waals surface area contributed by atoms with Crippen LogP contribution in [0.4, 0.5) is 0 Å². The van der Waals surface area contributed by atoms with Crippen molar-refractivity contribution in [2.24, 2.45) is 5.73 Å². The van der Waals surface area contributed by atoms with Gasteiger partial charge in [-0.3, -0.25) is 0 Å². The van der Waals surface area contributed by atoms with Crippen molar-refractivity contribution in [2.75, 3.05) is 6.54 Å². The summed E-state index contributed by atoms with van der Waals surface area (Å²) in [6.07, 6.45) is 0.722. The summed E-state index contributed by atoms with van der Waals surface area (Å²) >= 11 is 0. The molecule has 0 aliphatic carbocycles. The lowest BCUT2D eigenvalue weighted by molar-refractivity contribution is -0.234. The summed E-state index contributed by atoms with van der Waals surface area (Å²) in [5.74, 6) is -0.540. The second-order valence-electron chi connectivity index (χ2n) is 4.52. The number of aryl methyl sites for hydroxylation is 1. The molecule has 1 aliphatic rings. The Morgan fingerprint density at radius 1 is 1.25 bits per heavy atom. The van der Waals surface area contributed by atoms with Gasteiger partial charge in [0.05, 0.1) is 13.2 Å². The highest BCUT2D eigenvalue weighted by molar-refractivity contribution is 5.31. The van der Waals surface area contributed by atoms with E-state index in [4.69, 9.17) is 15.2 Å². The van der Waals surface area contributed by atoms with E-state index in [-0.39, 0.29) is 0 Å². The predicted molar refractivity (Wildman–Crippen MR) is 62.8 cm³/mol. The topological polar surface area (TPSA) is 44.5 Å². The molecule has 3 nitrogen and oxygen atoms in total. The Morgan fingerprint density at radius 3 is 2.62 bits per heavy atom. The van der Waals surface area contributed by atoms with Crippen molar-refractivity contribution in [3.63, 3.8) is 0 Å². The SMILES string of the molecule is Cc1ccc2c(c1)COC(C)(CCN)OC2. The number of hydrogen-bond donors (Lipinski definition) is 1. The number of rotatable bonds is 2. The molecule has 0 radical (unpaired) electrons. The number of fused-ring (bicyclic) bond motifs is 1. The fourth-order valence-electron chi connectivity index (χ4n) is 1.94. The second-order valence-corrected chi connectivity index (χ2v) is 4.52. The Balaban J connectivity index is 2.18. The Bertz CT molecular complexity index is 378. The average molecular weight is 221 g/mol. The van der Waals surface area contributed by atoms with Gasteiger partial charge in [-0.05, 0) is 31.5 Å². The molecule has 0 saturated heterocycles. The Morgan fingerprint density at radius 2 is 1.94 bits per heavy atom. The minimum Gasteiger partial charge on any atom is -0.345 e. The van der Waals surface area contributed by atoms with Gasteiger partial charge in [-0.15, -0.1) is 0 Å². The van der Waals surface area contributed by atoms with Gasteiger partial charge in [0.25, 0.3) is 0 Å². The van der Waals surface area contributed by atoms with Gasteiger partial charge in [0.1, 0.15) is 0 Å². The lowest BCUT2D eigenvalue weighted by atomic mass is 10.1. The molecule has 0 fully saturated rings. The van der Waals surface area contributed by atoms with Gasteiger partial charge < -0.3 is 15.2 Å². The standard InChI is InChI=1S/C13H19NO2/c1-10-3-4-11-8-15-13(2,5-6-14)16-9-12(11)7-10/h3-4,7H,5-6,8-9,14H2,1-2H3. The third kappa shape index (κ3) is 2.43. The molecule has 88 valence electrons. The Hall–Kier alpha value is -0.900. The van der Waals surface area contributed by atoms with Crippen LogP contribution in [0.25, 0.3) is 0 Å². The van der Waals surface area contributed by atoms with Crippen LogP contribution in [-0.4, -0.2) is 12.3 Å².